The highest BCUT2D eigenvalue weighted by atomic mass is 15.2. The van der Waals surface area contributed by atoms with Gasteiger partial charge in [-0.1, -0.05) is 0 Å². The zero-order valence-electron chi connectivity index (χ0n) is 4.85. The van der Waals surface area contributed by atoms with Gasteiger partial charge in [-0.3, -0.25) is 4.90 Å². The number of quaternary nitrogens is 1. The van der Waals surface area contributed by atoms with Crippen molar-refractivity contribution in [2.24, 2.45) is 0 Å². The maximum atomic E-state index is 2.34. The molecule has 0 atom stereocenters. The van der Waals surface area contributed by atoms with Gasteiger partial charge in [-0.25, -0.2) is 0 Å². The van der Waals surface area contributed by atoms with Gasteiger partial charge in [0.25, 0.3) is 0 Å². The first-order chi connectivity index (χ1) is 3.39. The van der Waals surface area contributed by atoms with Crippen molar-refractivity contribution in [3.05, 3.63) is 0 Å². The van der Waals surface area contributed by atoms with E-state index in [1.807, 2.05) is 0 Å². The number of hydrogen-bond donors (Lipinski definition) is 1. The van der Waals surface area contributed by atoms with Crippen LogP contribution in [0.5, 0.6) is 0 Å². The first kappa shape index (κ1) is 5.06. The minimum absolute atomic E-state index is 1.19. The lowest BCUT2D eigenvalue weighted by Gasteiger charge is -2.18. The smallest absolute Gasteiger partial charge is 0.131 e. The molecule has 42 valence electrons. The Morgan fingerprint density at radius 3 is 2.71 bits per heavy atom. The van der Waals surface area contributed by atoms with Crippen LogP contribution in [-0.2, 0) is 0 Å². The fourth-order valence-electron chi connectivity index (χ4n) is 0.909. The van der Waals surface area contributed by atoms with Crippen LogP contribution >= 0.6 is 0 Å². The minimum atomic E-state index is 1.19. The zero-order valence-corrected chi connectivity index (χ0v) is 4.85. The van der Waals surface area contributed by atoms with Crippen LogP contribution in [0.1, 0.15) is 6.42 Å². The van der Waals surface area contributed by atoms with Crippen molar-refractivity contribution >= 4 is 0 Å². The molecule has 0 spiro atoms. The van der Waals surface area contributed by atoms with Crippen molar-refractivity contribution in [2.45, 2.75) is 6.42 Å². The van der Waals surface area contributed by atoms with Gasteiger partial charge >= 0.3 is 0 Å². The van der Waals surface area contributed by atoms with Gasteiger partial charge in [0.2, 0.25) is 0 Å². The van der Waals surface area contributed by atoms with Crippen molar-refractivity contribution < 1.29 is 5.32 Å². The molecule has 1 saturated heterocycles. The van der Waals surface area contributed by atoms with E-state index in [-0.39, 0.29) is 0 Å². The molecule has 1 aliphatic heterocycles. The third kappa shape index (κ3) is 1.45. The molecule has 0 aromatic rings. The topological polar surface area (TPSA) is 19.9 Å². The van der Waals surface area contributed by atoms with E-state index in [9.17, 15) is 0 Å². The highest BCUT2D eigenvalue weighted by Gasteiger charge is 2.04. The average Bonchev–Trinajstić information content (AvgIpc) is 1.69. The Hall–Kier alpha value is -0.0800. The number of hydrogen-bond acceptors (Lipinski definition) is 1. The highest BCUT2D eigenvalue weighted by Crippen LogP contribution is 1.82. The predicted molar refractivity (Wildman–Crippen MR) is 28.9 cm³/mol. The zero-order chi connectivity index (χ0) is 5.11. The van der Waals surface area contributed by atoms with Crippen LogP contribution in [0, 0.1) is 0 Å². The molecule has 0 aliphatic carbocycles. The summed E-state index contributed by atoms with van der Waals surface area (Å²) in [6, 6.07) is 0. The van der Waals surface area contributed by atoms with Crippen molar-refractivity contribution in [1.82, 2.24) is 4.90 Å². The summed E-state index contributed by atoms with van der Waals surface area (Å²) in [6.45, 7) is 3.81. The van der Waals surface area contributed by atoms with E-state index in [2.05, 4.69) is 17.3 Å². The Morgan fingerprint density at radius 2 is 2.43 bits per heavy atom. The summed E-state index contributed by atoms with van der Waals surface area (Å²) in [5.41, 5.74) is 0. The standard InChI is InChI=1S/C5H12N2/c1-7-4-2-3-6-5-7/h6H,2-5H2,1H3/p+1. The third-order valence-corrected chi connectivity index (χ3v) is 1.39. The number of rotatable bonds is 0. The Morgan fingerprint density at radius 1 is 1.57 bits per heavy atom. The molecule has 1 rings (SSSR count). The summed E-state index contributed by atoms with van der Waals surface area (Å²) < 4.78 is 0. The van der Waals surface area contributed by atoms with E-state index >= 15 is 0 Å². The Bertz CT molecular complexity index is 48.0. The molecule has 0 saturated carbocycles. The maximum absolute atomic E-state index is 2.34. The molecule has 0 aromatic carbocycles. The predicted octanol–water partition coefficient (Wildman–Crippen LogP) is -1.16. The molecular weight excluding hydrogens is 88.1 g/mol. The molecule has 0 amide bonds. The Labute approximate surface area is 44.5 Å². The number of nitrogens with zero attached hydrogens (tertiary/aromatic N) is 1. The van der Waals surface area contributed by atoms with Crippen LogP contribution in [0.25, 0.3) is 0 Å². The molecule has 1 heterocycles. The van der Waals surface area contributed by atoms with Gasteiger partial charge in [-0.05, 0) is 7.05 Å². The number of nitrogens with two attached hydrogens (primary N) is 1. The second-order valence-electron chi connectivity index (χ2n) is 2.19. The highest BCUT2D eigenvalue weighted by molar-refractivity contribution is 4.45. The summed E-state index contributed by atoms with van der Waals surface area (Å²) >= 11 is 0. The van der Waals surface area contributed by atoms with E-state index in [0.29, 0.717) is 0 Å². The van der Waals surface area contributed by atoms with Gasteiger partial charge in [-0.15, -0.1) is 0 Å². The lowest BCUT2D eigenvalue weighted by Crippen LogP contribution is -2.89. The monoisotopic (exact) mass is 101 g/mol. The normalized spacial score (nSPS) is 25.3. The molecule has 0 bridgehead atoms. The van der Waals surface area contributed by atoms with Crippen LogP contribution in [0.2, 0.25) is 0 Å². The van der Waals surface area contributed by atoms with Gasteiger partial charge in [0, 0.05) is 13.0 Å². The molecule has 2 N–H and O–H groups in total. The molecule has 0 unspecified atom stereocenters. The van der Waals surface area contributed by atoms with Gasteiger partial charge in [0.15, 0.2) is 0 Å². The molecule has 0 radical (unpaired) electrons. The van der Waals surface area contributed by atoms with E-state index in [1.54, 1.807) is 0 Å². The molecule has 7 heavy (non-hydrogen) atoms. The van der Waals surface area contributed by atoms with Gasteiger partial charge in [0.1, 0.15) is 6.67 Å². The second-order valence-corrected chi connectivity index (χ2v) is 2.19. The molecular formula is C5H13N2+. The lowest BCUT2D eigenvalue weighted by atomic mass is 10.3. The second kappa shape index (κ2) is 2.28. The van der Waals surface area contributed by atoms with Crippen molar-refractivity contribution in [1.29, 1.82) is 0 Å². The van der Waals surface area contributed by atoms with Crippen LogP contribution in [0.3, 0.4) is 0 Å². The van der Waals surface area contributed by atoms with E-state index < -0.39 is 0 Å². The minimum Gasteiger partial charge on any atom is -0.334 e. The Kier molecular flexibility index (Phi) is 1.65. The first-order valence-electron chi connectivity index (χ1n) is 2.90. The molecule has 0 aromatic heterocycles. The molecule has 1 aliphatic rings. The van der Waals surface area contributed by atoms with Crippen molar-refractivity contribution in [2.75, 3.05) is 26.8 Å². The van der Waals surface area contributed by atoms with Gasteiger partial charge in [0.05, 0.1) is 6.54 Å². The fraction of sp³-hybridized carbons (Fsp3) is 1.00. The summed E-state index contributed by atoms with van der Waals surface area (Å²) in [5, 5.41) is 2.34. The summed E-state index contributed by atoms with van der Waals surface area (Å²) in [7, 11) is 2.16. The summed E-state index contributed by atoms with van der Waals surface area (Å²) in [5.74, 6) is 0. The quantitative estimate of drug-likeness (QED) is 0.408. The third-order valence-electron chi connectivity index (χ3n) is 1.39. The molecule has 2 nitrogen and oxygen atoms in total. The maximum Gasteiger partial charge on any atom is 0.131 e. The molecule has 1 fully saturated rings. The first-order valence-corrected chi connectivity index (χ1v) is 2.90. The van der Waals surface area contributed by atoms with Crippen LogP contribution in [0.15, 0.2) is 0 Å². The van der Waals surface area contributed by atoms with E-state index in [1.165, 1.54) is 26.2 Å². The molecule has 2 heteroatoms. The summed E-state index contributed by atoms with van der Waals surface area (Å²) in [4.78, 5) is 2.34. The van der Waals surface area contributed by atoms with Gasteiger partial charge in [-0.2, -0.15) is 0 Å². The fourth-order valence-corrected chi connectivity index (χ4v) is 0.909. The van der Waals surface area contributed by atoms with Crippen molar-refractivity contribution in [3.8, 4) is 0 Å². The van der Waals surface area contributed by atoms with Gasteiger partial charge < -0.3 is 5.32 Å². The SMILES string of the molecule is CN1CCC[NH2+]C1. The lowest BCUT2D eigenvalue weighted by molar-refractivity contribution is -0.680. The van der Waals surface area contributed by atoms with E-state index in [4.69, 9.17) is 0 Å². The van der Waals surface area contributed by atoms with Crippen LogP contribution in [-0.4, -0.2) is 31.7 Å². The van der Waals surface area contributed by atoms with Crippen LogP contribution in [0.4, 0.5) is 0 Å². The van der Waals surface area contributed by atoms with Crippen LogP contribution < -0.4 is 5.32 Å². The van der Waals surface area contributed by atoms with Crippen molar-refractivity contribution in [3.63, 3.8) is 0 Å². The summed E-state index contributed by atoms with van der Waals surface area (Å²) in [6.07, 6.45) is 1.36. The van der Waals surface area contributed by atoms with E-state index in [0.717, 1.165) is 0 Å². The largest absolute Gasteiger partial charge is 0.334 e. The Balaban J connectivity index is 2.12. The average molecular weight is 101 g/mol.